The van der Waals surface area contributed by atoms with Crippen molar-refractivity contribution in [1.82, 2.24) is 10.2 Å². The van der Waals surface area contributed by atoms with Gasteiger partial charge in [0, 0.05) is 31.1 Å². The first-order valence-corrected chi connectivity index (χ1v) is 9.67. The van der Waals surface area contributed by atoms with Gasteiger partial charge in [-0.1, -0.05) is 12.1 Å². The van der Waals surface area contributed by atoms with E-state index >= 15 is 0 Å². The van der Waals surface area contributed by atoms with Crippen molar-refractivity contribution in [2.75, 3.05) is 38.7 Å². The number of nitrogens with zero attached hydrogens (tertiary/aromatic N) is 2. The van der Waals surface area contributed by atoms with Crippen LogP contribution in [0.25, 0.3) is 0 Å². The van der Waals surface area contributed by atoms with Crippen molar-refractivity contribution in [1.29, 1.82) is 5.26 Å². The van der Waals surface area contributed by atoms with Gasteiger partial charge in [-0.15, -0.1) is 0 Å². The zero-order valence-corrected chi connectivity index (χ0v) is 16.6. The summed E-state index contributed by atoms with van der Waals surface area (Å²) in [5, 5.41) is 16.5. The Morgan fingerprint density at radius 3 is 2.93 bits per heavy atom. The molecule has 146 valence electrons. The van der Waals surface area contributed by atoms with Crippen molar-refractivity contribution in [3.05, 3.63) is 41.1 Å². The molecule has 2 aliphatic rings. The SMILES string of the molecule is CN1CCC(NC2CCOC2)=C(C(N)Nc2cccc(C(C)(C)C#N)c2)C1. The molecule has 1 aromatic carbocycles. The molecule has 3 rings (SSSR count). The second kappa shape index (κ2) is 8.30. The lowest BCUT2D eigenvalue weighted by molar-refractivity contribution is 0.190. The summed E-state index contributed by atoms with van der Waals surface area (Å²) < 4.78 is 5.50. The molecule has 2 atom stereocenters. The highest BCUT2D eigenvalue weighted by Crippen LogP contribution is 2.26. The zero-order chi connectivity index (χ0) is 19.4. The first-order valence-electron chi connectivity index (χ1n) is 9.67. The number of benzene rings is 1. The maximum absolute atomic E-state index is 9.40. The molecule has 1 fully saturated rings. The van der Waals surface area contributed by atoms with E-state index in [1.54, 1.807) is 0 Å². The molecule has 6 heteroatoms. The number of nitrogens with two attached hydrogens (primary N) is 1. The van der Waals surface area contributed by atoms with Crippen LogP contribution in [0.4, 0.5) is 5.69 Å². The summed E-state index contributed by atoms with van der Waals surface area (Å²) in [4.78, 5) is 2.29. The molecule has 1 aromatic rings. The van der Waals surface area contributed by atoms with Gasteiger partial charge in [0.2, 0.25) is 0 Å². The molecule has 0 aliphatic carbocycles. The van der Waals surface area contributed by atoms with Crippen LogP contribution < -0.4 is 16.4 Å². The van der Waals surface area contributed by atoms with E-state index in [-0.39, 0.29) is 6.17 Å². The summed E-state index contributed by atoms with van der Waals surface area (Å²) in [6, 6.07) is 10.7. The third-order valence-corrected chi connectivity index (χ3v) is 5.44. The lowest BCUT2D eigenvalue weighted by Gasteiger charge is -2.33. The standard InChI is InChI=1S/C21H31N5O/c1-21(2,14-22)15-5-4-6-16(11-15)25-20(23)18-12-26(3)9-7-19(18)24-17-8-10-27-13-17/h4-6,11,17,20,24-25H,7-10,12-13,23H2,1-3H3. The number of hydrogen-bond acceptors (Lipinski definition) is 6. The monoisotopic (exact) mass is 369 g/mol. The fraction of sp³-hybridized carbons (Fsp3) is 0.571. The number of anilines is 1. The van der Waals surface area contributed by atoms with Crippen LogP contribution in [-0.2, 0) is 10.2 Å². The van der Waals surface area contributed by atoms with Crippen LogP contribution in [0, 0.1) is 11.3 Å². The van der Waals surface area contributed by atoms with Crippen LogP contribution in [0.15, 0.2) is 35.5 Å². The quantitative estimate of drug-likeness (QED) is 0.666. The Bertz CT molecular complexity index is 730. The number of nitrogens with one attached hydrogen (secondary N) is 2. The smallest absolute Gasteiger partial charge is 0.0998 e. The average Bonchev–Trinajstić information content (AvgIpc) is 3.16. The molecule has 0 radical (unpaired) electrons. The Morgan fingerprint density at radius 2 is 2.22 bits per heavy atom. The minimum absolute atomic E-state index is 0.280. The highest BCUT2D eigenvalue weighted by atomic mass is 16.5. The van der Waals surface area contributed by atoms with Gasteiger partial charge < -0.3 is 26.0 Å². The molecule has 0 bridgehead atoms. The van der Waals surface area contributed by atoms with Crippen LogP contribution >= 0.6 is 0 Å². The highest BCUT2D eigenvalue weighted by Gasteiger charge is 2.25. The Labute approximate surface area is 162 Å². The summed E-state index contributed by atoms with van der Waals surface area (Å²) in [6.07, 6.45) is 1.73. The van der Waals surface area contributed by atoms with Crippen molar-refractivity contribution in [3.63, 3.8) is 0 Å². The largest absolute Gasteiger partial charge is 0.383 e. The molecule has 2 unspecified atom stereocenters. The van der Waals surface area contributed by atoms with E-state index in [9.17, 15) is 5.26 Å². The van der Waals surface area contributed by atoms with Gasteiger partial charge in [-0.25, -0.2) is 0 Å². The minimum Gasteiger partial charge on any atom is -0.383 e. The first-order chi connectivity index (χ1) is 12.9. The lowest BCUT2D eigenvalue weighted by atomic mass is 9.86. The Balaban J connectivity index is 1.78. The summed E-state index contributed by atoms with van der Waals surface area (Å²) in [7, 11) is 2.12. The zero-order valence-electron chi connectivity index (χ0n) is 16.6. The van der Waals surface area contributed by atoms with Gasteiger partial charge in [0.05, 0.1) is 30.3 Å². The Kier molecular flexibility index (Phi) is 6.05. The van der Waals surface area contributed by atoms with E-state index in [1.807, 2.05) is 38.1 Å². The number of hydrogen-bond donors (Lipinski definition) is 3. The third kappa shape index (κ3) is 4.81. The van der Waals surface area contributed by atoms with E-state index in [0.29, 0.717) is 6.04 Å². The minimum atomic E-state index is -0.526. The topological polar surface area (TPSA) is 86.3 Å². The second-order valence-electron chi connectivity index (χ2n) is 8.14. The number of nitriles is 1. The van der Waals surface area contributed by atoms with Gasteiger partial charge in [0.15, 0.2) is 0 Å². The fourth-order valence-electron chi connectivity index (χ4n) is 3.60. The van der Waals surface area contributed by atoms with E-state index in [1.165, 1.54) is 11.3 Å². The van der Waals surface area contributed by atoms with Crippen LogP contribution in [0.3, 0.4) is 0 Å². The van der Waals surface area contributed by atoms with Crippen LogP contribution in [0.1, 0.15) is 32.3 Å². The summed E-state index contributed by atoms with van der Waals surface area (Å²) >= 11 is 0. The van der Waals surface area contributed by atoms with E-state index < -0.39 is 5.41 Å². The molecule has 1 saturated heterocycles. The maximum Gasteiger partial charge on any atom is 0.0998 e. The van der Waals surface area contributed by atoms with Crippen LogP contribution in [-0.4, -0.2) is 50.5 Å². The van der Waals surface area contributed by atoms with Crippen molar-refractivity contribution in [3.8, 4) is 6.07 Å². The third-order valence-electron chi connectivity index (χ3n) is 5.44. The summed E-state index contributed by atoms with van der Waals surface area (Å²) in [6.45, 7) is 7.31. The number of rotatable bonds is 6. The average molecular weight is 370 g/mol. The Hall–Kier alpha value is -2.07. The van der Waals surface area contributed by atoms with Crippen molar-refractivity contribution < 1.29 is 4.74 Å². The predicted molar refractivity (Wildman–Crippen MR) is 108 cm³/mol. The number of likely N-dealkylation sites (N-methyl/N-ethyl adjacent to an activating group) is 1. The predicted octanol–water partition coefficient (Wildman–Crippen LogP) is 2.15. The maximum atomic E-state index is 9.40. The van der Waals surface area contributed by atoms with Gasteiger partial charge in [-0.05, 0) is 57.0 Å². The molecular formula is C21H31N5O. The molecule has 27 heavy (non-hydrogen) atoms. The lowest BCUT2D eigenvalue weighted by Crippen LogP contribution is -2.44. The van der Waals surface area contributed by atoms with E-state index in [4.69, 9.17) is 10.5 Å². The van der Waals surface area contributed by atoms with Gasteiger partial charge in [0.1, 0.15) is 0 Å². The molecule has 0 spiro atoms. The van der Waals surface area contributed by atoms with Gasteiger partial charge in [-0.3, -0.25) is 0 Å². The Morgan fingerprint density at radius 1 is 1.41 bits per heavy atom. The van der Waals surface area contributed by atoms with Crippen molar-refractivity contribution in [2.45, 2.75) is 44.3 Å². The van der Waals surface area contributed by atoms with Crippen molar-refractivity contribution >= 4 is 5.69 Å². The molecular weight excluding hydrogens is 338 g/mol. The highest BCUT2D eigenvalue weighted by molar-refractivity contribution is 5.51. The van der Waals surface area contributed by atoms with Gasteiger partial charge in [-0.2, -0.15) is 5.26 Å². The fourth-order valence-corrected chi connectivity index (χ4v) is 3.60. The van der Waals surface area contributed by atoms with Crippen LogP contribution in [0.5, 0.6) is 0 Å². The molecule has 0 aromatic heterocycles. The molecule has 0 amide bonds. The van der Waals surface area contributed by atoms with Gasteiger partial charge in [0.25, 0.3) is 0 Å². The van der Waals surface area contributed by atoms with E-state index in [0.717, 1.165) is 50.4 Å². The summed E-state index contributed by atoms with van der Waals surface area (Å²) in [5.41, 5.74) is 10.4. The molecule has 2 heterocycles. The normalized spacial score (nSPS) is 22.4. The molecule has 4 N–H and O–H groups in total. The first kappa shape index (κ1) is 19.7. The van der Waals surface area contributed by atoms with Crippen molar-refractivity contribution in [2.24, 2.45) is 5.73 Å². The number of ether oxygens (including phenoxy) is 1. The van der Waals surface area contributed by atoms with Crippen LogP contribution in [0.2, 0.25) is 0 Å². The second-order valence-corrected chi connectivity index (χ2v) is 8.14. The summed E-state index contributed by atoms with van der Waals surface area (Å²) in [5.74, 6) is 0. The van der Waals surface area contributed by atoms with Gasteiger partial charge >= 0.3 is 0 Å². The molecule has 0 saturated carbocycles. The molecule has 6 nitrogen and oxygen atoms in total. The molecule has 2 aliphatic heterocycles. The van der Waals surface area contributed by atoms with E-state index in [2.05, 4.69) is 28.7 Å².